The van der Waals surface area contributed by atoms with E-state index in [4.69, 9.17) is 9.84 Å². The zero-order valence-electron chi connectivity index (χ0n) is 17.9. The summed E-state index contributed by atoms with van der Waals surface area (Å²) in [6, 6.07) is 27.0. The molecular formula is C27H18N4O3. The number of para-hydroxylation sites is 2. The molecule has 1 spiro atoms. The van der Waals surface area contributed by atoms with Crippen molar-refractivity contribution >= 4 is 23.4 Å². The molecule has 1 aromatic heterocycles. The molecule has 4 aromatic rings. The van der Waals surface area contributed by atoms with Crippen LogP contribution < -0.4 is 10.6 Å². The maximum Gasteiger partial charge on any atom is 0.338 e. The number of amides is 1. The van der Waals surface area contributed by atoms with Gasteiger partial charge in [-0.05, 0) is 18.2 Å². The minimum atomic E-state index is -1.38. The smallest absolute Gasteiger partial charge is 0.338 e. The van der Waals surface area contributed by atoms with Gasteiger partial charge >= 0.3 is 5.97 Å². The minimum absolute atomic E-state index is 0.0748. The number of benzene rings is 3. The summed E-state index contributed by atoms with van der Waals surface area (Å²) in [6.07, 6.45) is 0. The lowest BCUT2D eigenvalue weighted by Gasteiger charge is -2.33. The molecule has 7 rings (SSSR count). The molecule has 1 atom stereocenters. The van der Waals surface area contributed by atoms with Crippen LogP contribution in [0.2, 0.25) is 0 Å². The molecule has 7 nitrogen and oxygen atoms in total. The highest BCUT2D eigenvalue weighted by atomic mass is 16.5. The fourth-order valence-electron chi connectivity index (χ4n) is 5.35. The van der Waals surface area contributed by atoms with Crippen molar-refractivity contribution < 1.29 is 14.3 Å². The van der Waals surface area contributed by atoms with Gasteiger partial charge in [0.2, 0.25) is 5.91 Å². The Morgan fingerprint density at radius 2 is 1.56 bits per heavy atom. The van der Waals surface area contributed by atoms with Crippen LogP contribution in [0.5, 0.6) is 0 Å². The maximum absolute atomic E-state index is 14.0. The zero-order chi connectivity index (χ0) is 22.9. The molecule has 0 aliphatic carbocycles. The van der Waals surface area contributed by atoms with Crippen LogP contribution in [0.3, 0.4) is 0 Å². The quantitative estimate of drug-likeness (QED) is 0.455. The number of hydrogen-bond acceptors (Lipinski definition) is 5. The first-order chi connectivity index (χ1) is 16.7. The van der Waals surface area contributed by atoms with E-state index in [2.05, 4.69) is 10.6 Å². The number of hydrogen-bond donors (Lipinski definition) is 2. The number of nitrogens with zero attached hydrogens (tertiary/aromatic N) is 2. The fourth-order valence-corrected chi connectivity index (χ4v) is 5.35. The number of aromatic nitrogens is 2. The summed E-state index contributed by atoms with van der Waals surface area (Å²) in [5, 5.41) is 11.4. The van der Waals surface area contributed by atoms with E-state index < -0.39 is 11.4 Å². The highest BCUT2D eigenvalue weighted by molar-refractivity contribution is 6.19. The van der Waals surface area contributed by atoms with Crippen LogP contribution >= 0.6 is 0 Å². The highest BCUT2D eigenvalue weighted by Gasteiger charge is 2.61. The molecule has 3 aromatic carbocycles. The zero-order valence-corrected chi connectivity index (χ0v) is 17.9. The van der Waals surface area contributed by atoms with Crippen molar-refractivity contribution in [2.24, 2.45) is 0 Å². The second-order valence-corrected chi connectivity index (χ2v) is 8.49. The molecule has 3 aliphatic heterocycles. The van der Waals surface area contributed by atoms with Gasteiger partial charge in [-0.3, -0.25) is 4.79 Å². The molecule has 0 radical (unpaired) electrons. The molecule has 0 bridgehead atoms. The van der Waals surface area contributed by atoms with E-state index in [9.17, 15) is 9.59 Å². The standard InChI is InChI=1S/C27H18N4O3/c32-25-21-20(15-34-25)28-24-22(27(21)18-13-7-8-14-19(18)29-26(27)33)23(16-9-3-1-4-10-16)30-31(24)17-11-5-2-6-12-17/h1-14,28H,15H2,(H,29,33). The second kappa shape index (κ2) is 6.68. The summed E-state index contributed by atoms with van der Waals surface area (Å²) in [6.45, 7) is 0.0748. The molecule has 3 aliphatic rings. The minimum Gasteiger partial charge on any atom is -0.456 e. The Morgan fingerprint density at radius 3 is 2.35 bits per heavy atom. The van der Waals surface area contributed by atoms with Gasteiger partial charge in [0.05, 0.1) is 22.7 Å². The number of cyclic esters (lactones) is 1. The summed E-state index contributed by atoms with van der Waals surface area (Å²) in [5.41, 5.74) is 3.89. The number of esters is 1. The van der Waals surface area contributed by atoms with E-state index in [0.29, 0.717) is 34.0 Å². The molecule has 1 unspecified atom stereocenters. The summed E-state index contributed by atoms with van der Waals surface area (Å²) in [5.74, 6) is -0.131. The summed E-state index contributed by atoms with van der Waals surface area (Å²) in [4.78, 5) is 27.1. The van der Waals surface area contributed by atoms with Crippen molar-refractivity contribution in [1.82, 2.24) is 9.78 Å². The van der Waals surface area contributed by atoms with Crippen LogP contribution in [0, 0.1) is 0 Å². The van der Waals surface area contributed by atoms with E-state index in [1.807, 2.05) is 84.9 Å². The van der Waals surface area contributed by atoms with Crippen LogP contribution in [0.1, 0.15) is 11.1 Å². The average Bonchev–Trinajstić information content (AvgIpc) is 3.53. The monoisotopic (exact) mass is 446 g/mol. The molecule has 0 fully saturated rings. The first-order valence-electron chi connectivity index (χ1n) is 11.0. The summed E-state index contributed by atoms with van der Waals surface area (Å²) < 4.78 is 7.26. The van der Waals surface area contributed by atoms with Crippen LogP contribution in [-0.2, 0) is 19.7 Å². The van der Waals surface area contributed by atoms with Crippen molar-refractivity contribution in [3.05, 3.63) is 107 Å². The van der Waals surface area contributed by atoms with Crippen molar-refractivity contribution in [2.45, 2.75) is 5.41 Å². The summed E-state index contributed by atoms with van der Waals surface area (Å²) >= 11 is 0. The Kier molecular flexibility index (Phi) is 3.71. The number of nitrogens with one attached hydrogen (secondary N) is 2. The molecule has 0 saturated heterocycles. The van der Waals surface area contributed by atoms with E-state index in [1.54, 1.807) is 4.68 Å². The number of carbonyl (C=O) groups is 2. The van der Waals surface area contributed by atoms with Gasteiger partial charge in [-0.15, -0.1) is 0 Å². The van der Waals surface area contributed by atoms with Gasteiger partial charge in [0.1, 0.15) is 17.8 Å². The Labute approximate surface area is 194 Å². The Balaban J connectivity index is 1.64. The van der Waals surface area contributed by atoms with E-state index in [0.717, 1.165) is 16.8 Å². The largest absolute Gasteiger partial charge is 0.456 e. The van der Waals surface area contributed by atoms with Crippen molar-refractivity contribution in [3.63, 3.8) is 0 Å². The SMILES string of the molecule is O=C1OCC2=C1C1(C(=O)Nc3ccccc31)c1c(-c3ccccc3)nn(-c3ccccc3)c1N2. The molecule has 7 heteroatoms. The van der Waals surface area contributed by atoms with Crippen molar-refractivity contribution in [2.75, 3.05) is 17.2 Å². The Morgan fingerprint density at radius 1 is 0.853 bits per heavy atom. The number of ether oxygens (including phenoxy) is 1. The third kappa shape index (κ3) is 2.28. The van der Waals surface area contributed by atoms with E-state index in [-0.39, 0.29) is 12.5 Å². The first-order valence-corrected chi connectivity index (χ1v) is 11.0. The van der Waals surface area contributed by atoms with Crippen LogP contribution in [0.15, 0.2) is 96.2 Å². The molecule has 34 heavy (non-hydrogen) atoms. The van der Waals surface area contributed by atoms with Gasteiger partial charge in [0.15, 0.2) is 0 Å². The average molecular weight is 446 g/mol. The molecule has 4 heterocycles. The van der Waals surface area contributed by atoms with Crippen molar-refractivity contribution in [1.29, 1.82) is 0 Å². The third-order valence-electron chi connectivity index (χ3n) is 6.73. The highest BCUT2D eigenvalue weighted by Crippen LogP contribution is 2.57. The van der Waals surface area contributed by atoms with E-state index >= 15 is 0 Å². The number of anilines is 2. The Bertz CT molecular complexity index is 1540. The summed E-state index contributed by atoms with van der Waals surface area (Å²) in [7, 11) is 0. The number of fused-ring (bicyclic) bond motifs is 5. The molecule has 0 saturated carbocycles. The normalized spacial score (nSPS) is 19.9. The van der Waals surface area contributed by atoms with Crippen molar-refractivity contribution in [3.8, 4) is 16.9 Å². The number of carbonyl (C=O) groups excluding carboxylic acids is 2. The Hall–Kier alpha value is -4.65. The van der Waals surface area contributed by atoms with E-state index in [1.165, 1.54) is 0 Å². The van der Waals surface area contributed by atoms with Gasteiger partial charge in [-0.1, -0.05) is 66.7 Å². The van der Waals surface area contributed by atoms with Gasteiger partial charge in [-0.2, -0.15) is 5.10 Å². The van der Waals surface area contributed by atoms with Crippen LogP contribution in [0.4, 0.5) is 11.5 Å². The predicted octanol–water partition coefficient (Wildman–Crippen LogP) is 4.01. The molecule has 2 N–H and O–H groups in total. The fraction of sp³-hybridized carbons (Fsp3) is 0.0741. The van der Waals surface area contributed by atoms with Gasteiger partial charge in [-0.25, -0.2) is 9.48 Å². The second-order valence-electron chi connectivity index (χ2n) is 8.49. The number of rotatable bonds is 2. The first kappa shape index (κ1) is 18.9. The lowest BCUT2D eigenvalue weighted by Crippen LogP contribution is -2.43. The third-order valence-corrected chi connectivity index (χ3v) is 6.73. The van der Waals surface area contributed by atoms with Crippen LogP contribution in [0.25, 0.3) is 16.9 Å². The maximum atomic E-state index is 14.0. The lowest BCUT2D eigenvalue weighted by molar-refractivity contribution is -0.137. The van der Waals surface area contributed by atoms with Gasteiger partial charge in [0.25, 0.3) is 0 Å². The lowest BCUT2D eigenvalue weighted by atomic mass is 9.67. The molecular weight excluding hydrogens is 428 g/mol. The van der Waals surface area contributed by atoms with Crippen LogP contribution in [-0.4, -0.2) is 28.3 Å². The van der Waals surface area contributed by atoms with Gasteiger partial charge < -0.3 is 15.4 Å². The molecule has 164 valence electrons. The topological polar surface area (TPSA) is 85.2 Å². The van der Waals surface area contributed by atoms with Gasteiger partial charge in [0, 0.05) is 22.4 Å². The predicted molar refractivity (Wildman–Crippen MR) is 126 cm³/mol. The molecule has 1 amide bonds.